The summed E-state index contributed by atoms with van der Waals surface area (Å²) in [5, 5.41) is 7.07. The molecule has 4 rings (SSSR count). The van der Waals surface area contributed by atoms with Gasteiger partial charge in [-0.2, -0.15) is 5.10 Å². The van der Waals surface area contributed by atoms with Crippen molar-refractivity contribution < 1.29 is 14.3 Å². The molecule has 172 valence electrons. The number of ether oxygens (including phenoxy) is 1. The Bertz CT molecular complexity index is 1150. The molecule has 0 aliphatic carbocycles. The lowest BCUT2D eigenvalue weighted by atomic mass is 10.0. The first-order chi connectivity index (χ1) is 15.7. The minimum absolute atomic E-state index is 0.146. The Morgan fingerprint density at radius 3 is 2.55 bits per heavy atom. The van der Waals surface area contributed by atoms with Crippen LogP contribution in [0.4, 0.5) is 10.5 Å². The van der Waals surface area contributed by atoms with Crippen molar-refractivity contribution in [3.63, 3.8) is 0 Å². The lowest BCUT2D eigenvalue weighted by Gasteiger charge is -2.27. The Kier molecular flexibility index (Phi) is 6.22. The van der Waals surface area contributed by atoms with Crippen LogP contribution in [0.3, 0.4) is 0 Å². The van der Waals surface area contributed by atoms with Gasteiger partial charge >= 0.3 is 6.09 Å². The normalized spacial score (nSPS) is 14.0. The molecule has 1 aliphatic rings. The largest absolute Gasteiger partial charge is 0.444 e. The summed E-state index contributed by atoms with van der Waals surface area (Å²) >= 11 is 0. The first kappa shape index (κ1) is 22.6. The summed E-state index contributed by atoms with van der Waals surface area (Å²) in [6.45, 7) is 5.98. The molecule has 0 unspecified atom stereocenters. The number of fused-ring (bicyclic) bond motifs is 1. The average molecular weight is 447 g/mol. The van der Waals surface area contributed by atoms with Crippen molar-refractivity contribution in [3.8, 4) is 11.1 Å². The number of hydrogen-bond acceptors (Lipinski definition) is 4. The van der Waals surface area contributed by atoms with Crippen LogP contribution in [-0.2, 0) is 29.4 Å². The number of nitrogens with zero attached hydrogens (tertiary/aromatic N) is 3. The van der Waals surface area contributed by atoms with Crippen LogP contribution in [0.1, 0.15) is 31.9 Å². The molecule has 3 aromatic rings. The molecular formula is C26H30N4O3. The van der Waals surface area contributed by atoms with Crippen LogP contribution in [0.5, 0.6) is 0 Å². The molecule has 0 radical (unpaired) electrons. The van der Waals surface area contributed by atoms with E-state index in [0.717, 1.165) is 34.4 Å². The molecule has 0 fully saturated rings. The van der Waals surface area contributed by atoms with Crippen LogP contribution in [0.2, 0.25) is 0 Å². The fraction of sp³-hybridized carbons (Fsp3) is 0.346. The van der Waals surface area contributed by atoms with E-state index in [9.17, 15) is 9.59 Å². The molecule has 2 aromatic carbocycles. The average Bonchev–Trinajstić information content (AvgIpc) is 3.38. The fourth-order valence-corrected chi connectivity index (χ4v) is 4.05. The fourth-order valence-electron chi connectivity index (χ4n) is 4.05. The van der Waals surface area contributed by atoms with Gasteiger partial charge in [-0.3, -0.25) is 9.48 Å². The SMILES string of the molecule is Cn1cc(-c2ccc3c(c2)N(C(=O)[C@H](Cc2ccccc2)NC(=O)OC(C)(C)C)CC3)cn1. The summed E-state index contributed by atoms with van der Waals surface area (Å²) in [5.41, 5.74) is 4.31. The third-order valence-electron chi connectivity index (χ3n) is 5.56. The number of anilines is 1. The quantitative estimate of drug-likeness (QED) is 0.640. The van der Waals surface area contributed by atoms with Gasteiger partial charge in [0, 0.05) is 37.5 Å². The van der Waals surface area contributed by atoms with E-state index < -0.39 is 17.7 Å². The van der Waals surface area contributed by atoms with E-state index in [4.69, 9.17) is 4.74 Å². The predicted octanol–water partition coefficient (Wildman–Crippen LogP) is 4.11. The number of aromatic nitrogens is 2. The third kappa shape index (κ3) is 5.42. The second kappa shape index (κ2) is 9.10. The minimum Gasteiger partial charge on any atom is -0.444 e. The number of hydrogen-bond donors (Lipinski definition) is 1. The highest BCUT2D eigenvalue weighted by molar-refractivity contribution is 6.01. The number of rotatable bonds is 5. The van der Waals surface area contributed by atoms with E-state index >= 15 is 0 Å². The highest BCUT2D eigenvalue weighted by Gasteiger charge is 2.32. The molecule has 7 heteroatoms. The Labute approximate surface area is 194 Å². The number of carbonyl (C=O) groups is 2. The van der Waals surface area contributed by atoms with Crippen LogP contribution in [0, 0.1) is 0 Å². The number of carbonyl (C=O) groups excluding carboxylic acids is 2. The maximum atomic E-state index is 13.7. The van der Waals surface area contributed by atoms with Gasteiger partial charge in [0.25, 0.3) is 0 Å². The number of alkyl carbamates (subject to hydrolysis) is 1. The lowest BCUT2D eigenvalue weighted by molar-refractivity contribution is -0.120. The first-order valence-corrected chi connectivity index (χ1v) is 11.2. The maximum Gasteiger partial charge on any atom is 0.408 e. The maximum absolute atomic E-state index is 13.7. The van der Waals surface area contributed by atoms with Gasteiger partial charge in [0.1, 0.15) is 11.6 Å². The summed E-state index contributed by atoms with van der Waals surface area (Å²) < 4.78 is 7.19. The molecule has 33 heavy (non-hydrogen) atoms. The van der Waals surface area contributed by atoms with E-state index in [-0.39, 0.29) is 5.91 Å². The molecule has 1 aromatic heterocycles. The van der Waals surface area contributed by atoms with Gasteiger partial charge < -0.3 is 15.0 Å². The predicted molar refractivity (Wildman–Crippen MR) is 128 cm³/mol. The van der Waals surface area contributed by atoms with Crippen molar-refractivity contribution in [2.75, 3.05) is 11.4 Å². The summed E-state index contributed by atoms with van der Waals surface area (Å²) in [7, 11) is 1.88. The third-order valence-corrected chi connectivity index (χ3v) is 5.56. The molecule has 1 N–H and O–H groups in total. The van der Waals surface area contributed by atoms with E-state index in [2.05, 4.69) is 22.5 Å². The van der Waals surface area contributed by atoms with Crippen LogP contribution < -0.4 is 10.2 Å². The highest BCUT2D eigenvalue weighted by atomic mass is 16.6. The van der Waals surface area contributed by atoms with Gasteiger partial charge in [0.15, 0.2) is 0 Å². The Hall–Kier alpha value is -3.61. The van der Waals surface area contributed by atoms with Crippen LogP contribution in [-0.4, -0.2) is 40.0 Å². The molecule has 0 bridgehead atoms. The van der Waals surface area contributed by atoms with Gasteiger partial charge in [-0.15, -0.1) is 0 Å². The number of nitrogens with one attached hydrogen (secondary N) is 1. The van der Waals surface area contributed by atoms with Gasteiger partial charge in [-0.25, -0.2) is 4.79 Å². The Balaban J connectivity index is 1.60. The molecule has 2 heterocycles. The van der Waals surface area contributed by atoms with Crippen molar-refractivity contribution in [3.05, 3.63) is 72.1 Å². The van der Waals surface area contributed by atoms with Gasteiger partial charge in [-0.05, 0) is 49.9 Å². The van der Waals surface area contributed by atoms with Crippen molar-refractivity contribution in [2.24, 2.45) is 7.05 Å². The zero-order valence-electron chi connectivity index (χ0n) is 19.5. The monoisotopic (exact) mass is 446 g/mol. The van der Waals surface area contributed by atoms with Crippen LogP contribution in [0.15, 0.2) is 60.9 Å². The Morgan fingerprint density at radius 2 is 1.88 bits per heavy atom. The van der Waals surface area contributed by atoms with E-state index in [1.165, 1.54) is 0 Å². The van der Waals surface area contributed by atoms with Gasteiger partial charge in [-0.1, -0.05) is 42.5 Å². The van der Waals surface area contributed by atoms with E-state index in [0.29, 0.717) is 13.0 Å². The lowest BCUT2D eigenvalue weighted by Crippen LogP contribution is -2.50. The minimum atomic E-state index is -0.741. The summed E-state index contributed by atoms with van der Waals surface area (Å²) in [6.07, 6.45) is 4.32. The smallest absolute Gasteiger partial charge is 0.408 e. The molecule has 0 spiro atoms. The second-order valence-corrected chi connectivity index (χ2v) is 9.37. The highest BCUT2D eigenvalue weighted by Crippen LogP contribution is 2.33. The van der Waals surface area contributed by atoms with Gasteiger partial charge in [0.2, 0.25) is 5.91 Å². The van der Waals surface area contributed by atoms with Crippen LogP contribution >= 0.6 is 0 Å². The van der Waals surface area contributed by atoms with Gasteiger partial charge in [0.05, 0.1) is 6.20 Å². The van der Waals surface area contributed by atoms with E-state index in [1.54, 1.807) is 30.4 Å². The first-order valence-electron chi connectivity index (χ1n) is 11.2. The van der Waals surface area contributed by atoms with Crippen molar-refractivity contribution in [1.29, 1.82) is 0 Å². The standard InChI is InChI=1S/C26H30N4O3/c1-26(2,3)33-25(32)28-22(14-18-8-6-5-7-9-18)24(31)30-13-12-19-10-11-20(15-23(19)30)21-16-27-29(4)17-21/h5-11,15-17,22H,12-14H2,1-4H3,(H,28,32)/t22-/m0/s1. The molecule has 0 saturated heterocycles. The molecule has 2 amide bonds. The number of aryl methyl sites for hydroxylation is 1. The number of amides is 2. The Morgan fingerprint density at radius 1 is 1.12 bits per heavy atom. The van der Waals surface area contributed by atoms with Crippen molar-refractivity contribution >= 4 is 17.7 Å². The summed E-state index contributed by atoms with van der Waals surface area (Å²) in [4.78, 5) is 28.0. The van der Waals surface area contributed by atoms with Crippen molar-refractivity contribution in [1.82, 2.24) is 15.1 Å². The van der Waals surface area contributed by atoms with E-state index in [1.807, 2.05) is 55.8 Å². The molecule has 7 nitrogen and oxygen atoms in total. The van der Waals surface area contributed by atoms with Crippen LogP contribution in [0.25, 0.3) is 11.1 Å². The molecule has 1 atom stereocenters. The molecular weight excluding hydrogens is 416 g/mol. The summed E-state index contributed by atoms with van der Waals surface area (Å²) in [6, 6.07) is 15.1. The summed E-state index contributed by atoms with van der Waals surface area (Å²) in [5.74, 6) is -0.146. The molecule has 1 aliphatic heterocycles. The number of benzene rings is 2. The van der Waals surface area contributed by atoms with Crippen molar-refractivity contribution in [2.45, 2.75) is 45.3 Å². The zero-order chi connectivity index (χ0) is 23.6. The zero-order valence-corrected chi connectivity index (χ0v) is 19.5. The molecule has 0 saturated carbocycles. The topological polar surface area (TPSA) is 76.5 Å². The second-order valence-electron chi connectivity index (χ2n) is 9.37.